The average Bonchev–Trinajstić information content (AvgIpc) is 3.01. The Morgan fingerprint density at radius 2 is 1.40 bits per heavy atom. The highest BCUT2D eigenvalue weighted by Gasteiger charge is 2.35. The summed E-state index contributed by atoms with van der Waals surface area (Å²) in [5.41, 5.74) is 2.39. The molecule has 0 radical (unpaired) electrons. The quantitative estimate of drug-likeness (QED) is 0.187. The number of benzene rings is 4. The topological polar surface area (TPSA) is 86.8 Å². The van der Waals surface area contributed by atoms with Crippen LogP contribution in [0.15, 0.2) is 114 Å². The Morgan fingerprint density at radius 3 is 1.98 bits per heavy atom. The van der Waals surface area contributed by atoms with Crippen LogP contribution in [0.5, 0.6) is 0 Å². The molecule has 236 valence electrons. The second kappa shape index (κ2) is 14.8. The average molecular weight is 646 g/mol. The third-order valence-corrected chi connectivity index (χ3v) is 9.28. The normalized spacial score (nSPS) is 12.3. The third kappa shape index (κ3) is 9.19. The van der Waals surface area contributed by atoms with Crippen LogP contribution in [0.4, 0.5) is 5.69 Å². The van der Waals surface area contributed by atoms with Crippen molar-refractivity contribution in [1.29, 1.82) is 0 Å². The van der Waals surface area contributed by atoms with Crippen molar-refractivity contribution in [3.63, 3.8) is 0 Å². The molecule has 0 aromatic heterocycles. The third-order valence-electron chi connectivity index (χ3n) is 7.25. The molecule has 1 atom stereocenters. The molecule has 0 saturated carbocycles. The lowest BCUT2D eigenvalue weighted by molar-refractivity contribution is -0.140. The summed E-state index contributed by atoms with van der Waals surface area (Å²) in [5.74, 6) is -0.870. The number of sulfonamides is 1. The molecular weight excluding hydrogens is 606 g/mol. The molecule has 9 heteroatoms. The van der Waals surface area contributed by atoms with Gasteiger partial charge in [0.1, 0.15) is 12.6 Å². The Hall–Kier alpha value is -4.14. The Bertz CT molecular complexity index is 1690. The molecule has 0 aliphatic carbocycles. The molecular formula is C36H40ClN3O4S. The van der Waals surface area contributed by atoms with Gasteiger partial charge in [0.25, 0.3) is 10.0 Å². The van der Waals surface area contributed by atoms with Gasteiger partial charge in [-0.2, -0.15) is 0 Å². The monoisotopic (exact) mass is 645 g/mol. The molecule has 4 rings (SSSR count). The summed E-state index contributed by atoms with van der Waals surface area (Å²) in [5, 5.41) is 3.52. The van der Waals surface area contributed by atoms with E-state index in [2.05, 4.69) is 5.32 Å². The van der Waals surface area contributed by atoms with Crippen molar-refractivity contribution in [2.75, 3.05) is 10.8 Å². The zero-order valence-corrected chi connectivity index (χ0v) is 27.7. The van der Waals surface area contributed by atoms with E-state index in [9.17, 15) is 18.0 Å². The van der Waals surface area contributed by atoms with Crippen molar-refractivity contribution in [1.82, 2.24) is 10.2 Å². The van der Waals surface area contributed by atoms with Gasteiger partial charge in [-0.15, -0.1) is 0 Å². The van der Waals surface area contributed by atoms with Gasteiger partial charge in [0, 0.05) is 23.5 Å². The molecule has 0 aliphatic rings. The van der Waals surface area contributed by atoms with Crippen molar-refractivity contribution < 1.29 is 18.0 Å². The number of halogens is 1. The van der Waals surface area contributed by atoms with Gasteiger partial charge in [0.2, 0.25) is 11.8 Å². The van der Waals surface area contributed by atoms with Gasteiger partial charge in [0.15, 0.2) is 0 Å². The Morgan fingerprint density at radius 1 is 0.800 bits per heavy atom. The maximum atomic E-state index is 14.5. The van der Waals surface area contributed by atoms with Gasteiger partial charge in [0.05, 0.1) is 10.6 Å². The SMILES string of the molecule is CCc1ccc(N(CC(=O)N(Cc2cccc(Cl)c2)[C@H](Cc2ccccc2)C(=O)NC(C)(C)C)S(=O)(=O)c2ccccc2)cc1. The number of hydrogen-bond acceptors (Lipinski definition) is 4. The van der Waals surface area contributed by atoms with Gasteiger partial charge in [-0.1, -0.05) is 91.3 Å². The van der Waals surface area contributed by atoms with E-state index in [1.165, 1.54) is 17.0 Å². The molecule has 7 nitrogen and oxygen atoms in total. The first-order valence-electron chi connectivity index (χ1n) is 14.9. The van der Waals surface area contributed by atoms with E-state index in [-0.39, 0.29) is 23.8 Å². The first kappa shape index (κ1) is 33.7. The van der Waals surface area contributed by atoms with Crippen LogP contribution in [0.3, 0.4) is 0 Å². The number of nitrogens with one attached hydrogen (secondary N) is 1. The van der Waals surface area contributed by atoms with Crippen LogP contribution >= 0.6 is 11.6 Å². The summed E-state index contributed by atoms with van der Waals surface area (Å²) >= 11 is 6.31. The minimum absolute atomic E-state index is 0.0441. The lowest BCUT2D eigenvalue weighted by Crippen LogP contribution is -2.56. The van der Waals surface area contributed by atoms with E-state index < -0.39 is 34.1 Å². The van der Waals surface area contributed by atoms with Crippen molar-refractivity contribution in [2.24, 2.45) is 0 Å². The zero-order valence-electron chi connectivity index (χ0n) is 26.1. The number of rotatable bonds is 12. The second-order valence-electron chi connectivity index (χ2n) is 11.9. The summed E-state index contributed by atoms with van der Waals surface area (Å²) in [7, 11) is -4.15. The number of nitrogens with zero attached hydrogens (tertiary/aromatic N) is 2. The van der Waals surface area contributed by atoms with Crippen LogP contribution in [0, 0.1) is 0 Å². The van der Waals surface area contributed by atoms with Gasteiger partial charge in [-0.05, 0) is 80.3 Å². The highest BCUT2D eigenvalue weighted by atomic mass is 35.5. The minimum atomic E-state index is -4.15. The van der Waals surface area contributed by atoms with Crippen LogP contribution in [0.1, 0.15) is 44.4 Å². The van der Waals surface area contributed by atoms with Crippen LogP contribution in [-0.4, -0.2) is 43.3 Å². The van der Waals surface area contributed by atoms with Crippen molar-refractivity contribution in [3.8, 4) is 0 Å². The van der Waals surface area contributed by atoms with Crippen molar-refractivity contribution in [2.45, 2.75) is 63.6 Å². The molecule has 45 heavy (non-hydrogen) atoms. The predicted octanol–water partition coefficient (Wildman–Crippen LogP) is 6.65. The lowest BCUT2D eigenvalue weighted by atomic mass is 10.0. The van der Waals surface area contributed by atoms with Gasteiger partial charge in [-0.25, -0.2) is 8.42 Å². The summed E-state index contributed by atoms with van der Waals surface area (Å²) in [4.78, 5) is 30.0. The number of aryl methyl sites for hydroxylation is 1. The second-order valence-corrected chi connectivity index (χ2v) is 14.2. The molecule has 0 unspecified atom stereocenters. The van der Waals surface area contributed by atoms with Crippen LogP contribution < -0.4 is 9.62 Å². The predicted molar refractivity (Wildman–Crippen MR) is 181 cm³/mol. The number of carbonyl (C=O) groups is 2. The number of hydrogen-bond donors (Lipinski definition) is 1. The van der Waals surface area contributed by atoms with Crippen LogP contribution in [-0.2, 0) is 39.0 Å². The molecule has 0 bridgehead atoms. The largest absolute Gasteiger partial charge is 0.350 e. The summed E-state index contributed by atoms with van der Waals surface area (Å²) < 4.78 is 29.3. The molecule has 0 aliphatic heterocycles. The highest BCUT2D eigenvalue weighted by molar-refractivity contribution is 7.92. The fourth-order valence-corrected chi connectivity index (χ4v) is 6.63. The lowest BCUT2D eigenvalue weighted by Gasteiger charge is -2.35. The number of amides is 2. The molecule has 0 heterocycles. The number of anilines is 1. The van der Waals surface area contributed by atoms with E-state index in [0.29, 0.717) is 16.3 Å². The van der Waals surface area contributed by atoms with Crippen LogP contribution in [0.2, 0.25) is 5.02 Å². The summed E-state index contributed by atoms with van der Waals surface area (Å²) in [6.45, 7) is 7.17. The molecule has 0 spiro atoms. The minimum Gasteiger partial charge on any atom is -0.350 e. The van der Waals surface area contributed by atoms with E-state index in [1.807, 2.05) is 76.2 Å². The van der Waals surface area contributed by atoms with E-state index in [0.717, 1.165) is 21.9 Å². The fraction of sp³-hybridized carbons (Fsp3) is 0.278. The van der Waals surface area contributed by atoms with Gasteiger partial charge >= 0.3 is 0 Å². The standard InChI is InChI=1S/C36H40ClN3O4S/c1-5-27-19-21-31(22-20-27)40(45(43,44)32-17-10-7-11-18-32)26-34(41)39(25-29-15-12-16-30(37)23-29)33(35(42)38-36(2,3)4)24-28-13-8-6-9-14-28/h6-23,33H,5,24-26H2,1-4H3,(H,38,42)/t33-/m1/s1. The fourth-order valence-electron chi connectivity index (χ4n) is 4.99. The van der Waals surface area contributed by atoms with Gasteiger partial charge in [-0.3, -0.25) is 13.9 Å². The summed E-state index contributed by atoms with van der Waals surface area (Å²) in [6.07, 6.45) is 1.01. The molecule has 1 N–H and O–H groups in total. The van der Waals surface area contributed by atoms with E-state index in [1.54, 1.807) is 48.5 Å². The Labute approximate surface area is 271 Å². The van der Waals surface area contributed by atoms with Crippen molar-refractivity contribution in [3.05, 3.63) is 131 Å². The van der Waals surface area contributed by atoms with Crippen LogP contribution in [0.25, 0.3) is 0 Å². The van der Waals surface area contributed by atoms with E-state index in [4.69, 9.17) is 11.6 Å². The maximum absolute atomic E-state index is 14.5. The van der Waals surface area contributed by atoms with E-state index >= 15 is 0 Å². The molecule has 0 saturated heterocycles. The summed E-state index contributed by atoms with van der Waals surface area (Å²) in [6, 6.07) is 30.8. The molecule has 4 aromatic rings. The van der Waals surface area contributed by atoms with Gasteiger partial charge < -0.3 is 10.2 Å². The first-order valence-corrected chi connectivity index (χ1v) is 16.8. The molecule has 4 aromatic carbocycles. The zero-order chi connectivity index (χ0) is 32.6. The van der Waals surface area contributed by atoms with Crippen molar-refractivity contribution >= 4 is 39.1 Å². The Balaban J connectivity index is 1.81. The number of carbonyl (C=O) groups excluding carboxylic acids is 2. The molecule has 2 amide bonds. The maximum Gasteiger partial charge on any atom is 0.264 e. The smallest absolute Gasteiger partial charge is 0.264 e. The Kier molecular flexibility index (Phi) is 11.1. The molecule has 0 fully saturated rings. The highest BCUT2D eigenvalue weighted by Crippen LogP contribution is 2.26. The first-order chi connectivity index (χ1) is 21.4.